The van der Waals surface area contributed by atoms with E-state index < -0.39 is 13.0 Å². The third kappa shape index (κ3) is 11.5. The zero-order valence-electron chi connectivity index (χ0n) is 10.2. The first-order chi connectivity index (χ1) is 8.06. The molecule has 0 aromatic heterocycles. The van der Waals surface area contributed by atoms with Crippen molar-refractivity contribution in [3.05, 3.63) is 0 Å². The molecule has 17 heavy (non-hydrogen) atoms. The normalized spacial score (nSPS) is 12.8. The van der Waals surface area contributed by atoms with Gasteiger partial charge in [-0.2, -0.15) is 0 Å². The predicted molar refractivity (Wildman–Crippen MR) is 59.2 cm³/mol. The zero-order chi connectivity index (χ0) is 13.1. The van der Waals surface area contributed by atoms with E-state index in [1.165, 1.54) is 0 Å². The number of methoxy groups -OCH3 is 1. The summed E-state index contributed by atoms with van der Waals surface area (Å²) in [5.41, 5.74) is 0. The van der Waals surface area contributed by atoms with E-state index in [0.717, 1.165) is 0 Å². The predicted octanol–water partition coefficient (Wildman–Crippen LogP) is 0.00880. The average Bonchev–Trinajstić information content (AvgIpc) is 2.23. The Morgan fingerprint density at radius 2 is 2.06 bits per heavy atom. The summed E-state index contributed by atoms with van der Waals surface area (Å²) in [6, 6.07) is -0.0515. The van der Waals surface area contributed by atoms with Crippen molar-refractivity contribution in [3.63, 3.8) is 0 Å². The van der Waals surface area contributed by atoms with Gasteiger partial charge in [0.2, 0.25) is 5.91 Å². The maximum atomic E-state index is 11.7. The highest BCUT2D eigenvalue weighted by molar-refractivity contribution is 5.78. The molecule has 0 aromatic carbocycles. The van der Waals surface area contributed by atoms with Gasteiger partial charge >= 0.3 is 0 Å². The second-order valence-electron chi connectivity index (χ2n) is 3.57. The van der Waals surface area contributed by atoms with Crippen LogP contribution in [0.5, 0.6) is 0 Å². The fourth-order valence-electron chi connectivity index (χ4n) is 1.14. The number of hydrogen-bond donors (Lipinski definition) is 2. The van der Waals surface area contributed by atoms with Gasteiger partial charge in [-0.25, -0.2) is 8.78 Å². The van der Waals surface area contributed by atoms with Gasteiger partial charge in [-0.15, -0.1) is 0 Å². The smallest absolute Gasteiger partial charge is 0.261 e. The average molecular weight is 254 g/mol. The molecule has 7 heteroatoms. The van der Waals surface area contributed by atoms with Gasteiger partial charge < -0.3 is 20.1 Å². The lowest BCUT2D eigenvalue weighted by atomic mass is 10.3. The fraction of sp³-hybridized carbons (Fsp3) is 0.900. The van der Waals surface area contributed by atoms with Gasteiger partial charge in [0.05, 0.1) is 19.8 Å². The van der Waals surface area contributed by atoms with Crippen molar-refractivity contribution < 1.29 is 23.0 Å². The number of alkyl halides is 2. The van der Waals surface area contributed by atoms with Gasteiger partial charge in [0, 0.05) is 19.7 Å². The summed E-state index contributed by atoms with van der Waals surface area (Å²) in [6.45, 7) is 2.35. The Kier molecular flexibility index (Phi) is 9.89. The van der Waals surface area contributed by atoms with E-state index in [9.17, 15) is 13.6 Å². The second kappa shape index (κ2) is 10.4. The standard InChI is InChI=1S/C10H20F2N2O3/c1-8(6-16-2)14-10(15)5-13-3-4-17-7-9(11)12/h8-9,13H,3-7H2,1-2H3,(H,14,15). The lowest BCUT2D eigenvalue weighted by molar-refractivity contribution is -0.121. The molecule has 0 spiro atoms. The molecule has 0 saturated carbocycles. The molecule has 102 valence electrons. The van der Waals surface area contributed by atoms with Crippen LogP contribution < -0.4 is 10.6 Å². The van der Waals surface area contributed by atoms with Crippen LogP contribution in [0.1, 0.15) is 6.92 Å². The number of halogens is 2. The molecule has 0 aliphatic rings. The first-order valence-corrected chi connectivity index (χ1v) is 5.41. The molecule has 0 aliphatic carbocycles. The van der Waals surface area contributed by atoms with Crippen LogP contribution in [-0.4, -0.2) is 58.4 Å². The molecule has 0 aliphatic heterocycles. The van der Waals surface area contributed by atoms with Gasteiger partial charge in [-0.05, 0) is 6.92 Å². The Balaban J connectivity index is 3.33. The Labute approximate surface area is 99.8 Å². The highest BCUT2D eigenvalue weighted by Crippen LogP contribution is 1.91. The van der Waals surface area contributed by atoms with Crippen LogP contribution in [0.3, 0.4) is 0 Å². The topological polar surface area (TPSA) is 59.6 Å². The minimum Gasteiger partial charge on any atom is -0.383 e. The first kappa shape index (κ1) is 16.2. The Hall–Kier alpha value is -0.790. The molecule has 1 atom stereocenters. The molecular formula is C10H20F2N2O3. The minimum absolute atomic E-state index is 0.0515. The van der Waals surface area contributed by atoms with Crippen molar-refractivity contribution in [2.24, 2.45) is 0 Å². The molecule has 0 bridgehead atoms. The van der Waals surface area contributed by atoms with Crippen molar-refractivity contribution in [1.29, 1.82) is 0 Å². The Morgan fingerprint density at radius 3 is 2.65 bits per heavy atom. The summed E-state index contributed by atoms with van der Waals surface area (Å²) in [7, 11) is 1.56. The Bertz CT molecular complexity index is 206. The number of ether oxygens (including phenoxy) is 2. The summed E-state index contributed by atoms with van der Waals surface area (Å²) >= 11 is 0. The van der Waals surface area contributed by atoms with Crippen molar-refractivity contribution in [3.8, 4) is 0 Å². The largest absolute Gasteiger partial charge is 0.383 e. The highest BCUT2D eigenvalue weighted by atomic mass is 19.3. The van der Waals surface area contributed by atoms with Crippen molar-refractivity contribution in [2.75, 3.05) is 40.0 Å². The van der Waals surface area contributed by atoms with Gasteiger partial charge in [0.1, 0.15) is 6.61 Å². The summed E-state index contributed by atoms with van der Waals surface area (Å²) in [5, 5.41) is 5.49. The number of carbonyl (C=O) groups excluding carboxylic acids is 1. The number of amides is 1. The van der Waals surface area contributed by atoms with E-state index in [4.69, 9.17) is 4.74 Å². The van der Waals surface area contributed by atoms with E-state index in [1.807, 2.05) is 6.92 Å². The molecule has 2 N–H and O–H groups in total. The van der Waals surface area contributed by atoms with Crippen LogP contribution in [-0.2, 0) is 14.3 Å². The molecule has 0 heterocycles. The van der Waals surface area contributed by atoms with Crippen molar-refractivity contribution in [2.45, 2.75) is 19.4 Å². The summed E-state index contributed by atoms with van der Waals surface area (Å²) < 4.78 is 32.8. The highest BCUT2D eigenvalue weighted by Gasteiger charge is 2.06. The van der Waals surface area contributed by atoms with Crippen LogP contribution in [0.15, 0.2) is 0 Å². The van der Waals surface area contributed by atoms with Gasteiger partial charge in [0.15, 0.2) is 0 Å². The van der Waals surface area contributed by atoms with Gasteiger partial charge in [-0.3, -0.25) is 4.79 Å². The third-order valence-electron chi connectivity index (χ3n) is 1.78. The second-order valence-corrected chi connectivity index (χ2v) is 3.57. The van der Waals surface area contributed by atoms with Crippen LogP contribution in [0.4, 0.5) is 8.78 Å². The SMILES string of the molecule is COCC(C)NC(=O)CNCCOCC(F)F. The lowest BCUT2D eigenvalue weighted by Crippen LogP contribution is -2.41. The van der Waals surface area contributed by atoms with E-state index in [2.05, 4.69) is 15.4 Å². The van der Waals surface area contributed by atoms with Crippen LogP contribution in [0, 0.1) is 0 Å². The fourth-order valence-corrected chi connectivity index (χ4v) is 1.14. The van der Waals surface area contributed by atoms with Crippen LogP contribution >= 0.6 is 0 Å². The number of nitrogens with one attached hydrogen (secondary N) is 2. The Morgan fingerprint density at radius 1 is 1.35 bits per heavy atom. The van der Waals surface area contributed by atoms with Crippen LogP contribution in [0.2, 0.25) is 0 Å². The summed E-state index contributed by atoms with van der Waals surface area (Å²) in [6.07, 6.45) is -2.45. The van der Waals surface area contributed by atoms with E-state index in [-0.39, 0.29) is 25.1 Å². The van der Waals surface area contributed by atoms with E-state index >= 15 is 0 Å². The molecule has 0 fully saturated rings. The zero-order valence-corrected chi connectivity index (χ0v) is 10.2. The van der Waals surface area contributed by atoms with Crippen LogP contribution in [0.25, 0.3) is 0 Å². The summed E-state index contributed by atoms with van der Waals surface area (Å²) in [4.78, 5) is 11.3. The molecule has 0 aromatic rings. The maximum Gasteiger partial charge on any atom is 0.261 e. The van der Waals surface area contributed by atoms with Gasteiger partial charge in [-0.1, -0.05) is 0 Å². The van der Waals surface area contributed by atoms with E-state index in [0.29, 0.717) is 13.2 Å². The molecule has 1 unspecified atom stereocenters. The first-order valence-electron chi connectivity index (χ1n) is 5.41. The number of carbonyl (C=O) groups is 1. The monoisotopic (exact) mass is 254 g/mol. The van der Waals surface area contributed by atoms with Crippen molar-refractivity contribution >= 4 is 5.91 Å². The molecule has 0 radical (unpaired) electrons. The molecular weight excluding hydrogens is 234 g/mol. The number of rotatable bonds is 10. The quantitative estimate of drug-likeness (QED) is 0.539. The van der Waals surface area contributed by atoms with E-state index in [1.54, 1.807) is 7.11 Å². The molecule has 5 nitrogen and oxygen atoms in total. The van der Waals surface area contributed by atoms with Gasteiger partial charge in [0.25, 0.3) is 6.43 Å². The minimum atomic E-state index is -2.45. The molecule has 0 rings (SSSR count). The van der Waals surface area contributed by atoms with Crippen molar-refractivity contribution in [1.82, 2.24) is 10.6 Å². The number of hydrogen-bond acceptors (Lipinski definition) is 4. The third-order valence-corrected chi connectivity index (χ3v) is 1.78. The summed E-state index contributed by atoms with van der Waals surface area (Å²) in [5.74, 6) is -0.164. The molecule has 0 saturated heterocycles. The molecule has 1 amide bonds. The maximum absolute atomic E-state index is 11.7. The lowest BCUT2D eigenvalue weighted by Gasteiger charge is -2.13.